The molecule has 1 aliphatic carbocycles. The number of amides is 2. The van der Waals surface area contributed by atoms with Crippen LogP contribution >= 0.6 is 0 Å². The van der Waals surface area contributed by atoms with Crippen LogP contribution in [0.5, 0.6) is 0 Å². The second-order valence-corrected chi connectivity index (χ2v) is 9.59. The molecule has 1 aromatic heterocycles. The SMILES string of the molecule is CC(C)(C)N(C(=O)OCCc1c[nH]c2ccccc12)C1CCc2cc(C=CC(=O)NO)ccc21. The van der Waals surface area contributed by atoms with E-state index >= 15 is 0 Å². The fraction of sp³-hybridized carbons (Fsp3) is 0.333. The van der Waals surface area contributed by atoms with Gasteiger partial charge in [-0.3, -0.25) is 14.9 Å². The maximum atomic E-state index is 13.3. The third kappa shape index (κ3) is 4.99. The summed E-state index contributed by atoms with van der Waals surface area (Å²) in [6.45, 7) is 6.38. The van der Waals surface area contributed by atoms with Gasteiger partial charge < -0.3 is 9.72 Å². The van der Waals surface area contributed by atoms with E-state index in [0.29, 0.717) is 13.0 Å². The predicted octanol–water partition coefficient (Wildman–Crippen LogP) is 5.15. The lowest BCUT2D eigenvalue weighted by atomic mass is 9.98. The van der Waals surface area contributed by atoms with E-state index in [-0.39, 0.29) is 12.1 Å². The summed E-state index contributed by atoms with van der Waals surface area (Å²) < 4.78 is 5.78. The smallest absolute Gasteiger partial charge is 0.410 e. The average Bonchev–Trinajstić information content (AvgIpc) is 3.41. The fourth-order valence-corrected chi connectivity index (χ4v) is 4.72. The number of hydrogen-bond acceptors (Lipinski definition) is 4. The number of hydrogen-bond donors (Lipinski definition) is 3. The van der Waals surface area contributed by atoms with Crippen molar-refractivity contribution < 1.29 is 19.5 Å². The van der Waals surface area contributed by atoms with Crippen molar-refractivity contribution in [2.45, 2.75) is 51.6 Å². The second kappa shape index (κ2) is 9.73. The minimum Gasteiger partial charge on any atom is -0.449 e. The zero-order chi connectivity index (χ0) is 24.3. The van der Waals surface area contributed by atoms with Crippen LogP contribution < -0.4 is 5.48 Å². The third-order valence-electron chi connectivity index (χ3n) is 6.25. The summed E-state index contributed by atoms with van der Waals surface area (Å²) in [5, 5.41) is 9.80. The Morgan fingerprint density at radius 3 is 2.79 bits per heavy atom. The number of aryl methyl sites for hydroxylation is 1. The van der Waals surface area contributed by atoms with Crippen LogP contribution in [-0.4, -0.2) is 39.2 Å². The molecule has 0 spiro atoms. The fourth-order valence-electron chi connectivity index (χ4n) is 4.72. The van der Waals surface area contributed by atoms with Crippen LogP contribution in [0.3, 0.4) is 0 Å². The highest BCUT2D eigenvalue weighted by atomic mass is 16.6. The third-order valence-corrected chi connectivity index (χ3v) is 6.25. The van der Waals surface area contributed by atoms with Gasteiger partial charge in [0.2, 0.25) is 0 Å². The topological polar surface area (TPSA) is 94.7 Å². The molecular formula is C27H31N3O4. The number of hydroxylamine groups is 1. The lowest BCUT2D eigenvalue weighted by Crippen LogP contribution is -2.47. The van der Waals surface area contributed by atoms with E-state index in [4.69, 9.17) is 9.94 Å². The molecular weight excluding hydrogens is 430 g/mol. The molecule has 0 saturated heterocycles. The summed E-state index contributed by atoms with van der Waals surface area (Å²) in [6, 6.07) is 14.0. The van der Waals surface area contributed by atoms with Crippen molar-refractivity contribution in [1.29, 1.82) is 0 Å². The van der Waals surface area contributed by atoms with Crippen molar-refractivity contribution in [3.05, 3.63) is 77.0 Å². The van der Waals surface area contributed by atoms with E-state index in [1.807, 2.05) is 68.3 Å². The van der Waals surface area contributed by atoms with E-state index in [9.17, 15) is 9.59 Å². The molecule has 34 heavy (non-hydrogen) atoms. The first kappa shape index (κ1) is 23.6. The molecule has 178 valence electrons. The Kier molecular flexibility index (Phi) is 6.75. The monoisotopic (exact) mass is 461 g/mol. The standard InChI is InChI=1S/C27H31N3O4/c1-27(2,3)30(26(32)34-15-14-20-17-28-23-7-5-4-6-21(20)23)24-12-10-19-16-18(8-11-22(19)24)9-13-25(31)29-33/h4-9,11,13,16-17,24,28,33H,10,12,14-15H2,1-3H3,(H,29,31). The van der Waals surface area contributed by atoms with Crippen LogP contribution in [0.1, 0.15) is 55.5 Å². The van der Waals surface area contributed by atoms with E-state index in [0.717, 1.165) is 46.0 Å². The summed E-state index contributed by atoms with van der Waals surface area (Å²) in [4.78, 5) is 29.6. The number of nitrogens with zero attached hydrogens (tertiary/aromatic N) is 1. The van der Waals surface area contributed by atoms with Crippen molar-refractivity contribution >= 4 is 29.0 Å². The molecule has 2 aromatic carbocycles. The molecule has 0 saturated carbocycles. The Hall–Kier alpha value is -3.58. The second-order valence-electron chi connectivity index (χ2n) is 9.59. The molecule has 7 nitrogen and oxygen atoms in total. The zero-order valence-electron chi connectivity index (χ0n) is 19.8. The molecule has 0 bridgehead atoms. The highest BCUT2D eigenvalue weighted by molar-refractivity contribution is 5.90. The number of fused-ring (bicyclic) bond motifs is 2. The number of nitrogens with one attached hydrogen (secondary N) is 2. The van der Waals surface area contributed by atoms with Crippen LogP contribution in [0.4, 0.5) is 4.79 Å². The molecule has 2 amide bonds. The van der Waals surface area contributed by atoms with E-state index < -0.39 is 11.4 Å². The highest BCUT2D eigenvalue weighted by Gasteiger charge is 2.38. The number of carbonyl (C=O) groups is 2. The van der Waals surface area contributed by atoms with Crippen molar-refractivity contribution in [3.8, 4) is 0 Å². The van der Waals surface area contributed by atoms with Gasteiger partial charge >= 0.3 is 6.09 Å². The van der Waals surface area contributed by atoms with Crippen molar-refractivity contribution in [2.75, 3.05) is 6.61 Å². The van der Waals surface area contributed by atoms with Gasteiger partial charge in [-0.25, -0.2) is 10.3 Å². The van der Waals surface area contributed by atoms with Crippen molar-refractivity contribution in [1.82, 2.24) is 15.4 Å². The normalized spacial score (nSPS) is 15.5. The average molecular weight is 462 g/mol. The van der Waals surface area contributed by atoms with Crippen LogP contribution in [0.25, 0.3) is 17.0 Å². The first-order valence-electron chi connectivity index (χ1n) is 11.5. The minimum absolute atomic E-state index is 0.0747. The van der Waals surface area contributed by atoms with Crippen LogP contribution in [0.15, 0.2) is 54.7 Å². The Bertz CT molecular complexity index is 1220. The molecule has 3 aromatic rings. The molecule has 1 aliphatic rings. The van der Waals surface area contributed by atoms with Gasteiger partial charge in [0.25, 0.3) is 5.91 Å². The number of carbonyl (C=O) groups excluding carboxylic acids is 2. The summed E-state index contributed by atoms with van der Waals surface area (Å²) in [6.07, 6.45) is 6.89. The van der Waals surface area contributed by atoms with Gasteiger partial charge in [-0.2, -0.15) is 0 Å². The summed E-state index contributed by atoms with van der Waals surface area (Å²) in [7, 11) is 0. The Morgan fingerprint density at radius 2 is 2.03 bits per heavy atom. The predicted molar refractivity (Wildman–Crippen MR) is 131 cm³/mol. The number of aromatic amines is 1. The Labute approximate surface area is 199 Å². The number of rotatable bonds is 6. The lowest BCUT2D eigenvalue weighted by molar-refractivity contribution is -0.124. The number of benzene rings is 2. The van der Waals surface area contributed by atoms with Crippen molar-refractivity contribution in [2.24, 2.45) is 0 Å². The largest absolute Gasteiger partial charge is 0.449 e. The number of para-hydroxylation sites is 1. The minimum atomic E-state index is -0.576. The van der Waals surface area contributed by atoms with Crippen molar-refractivity contribution in [3.63, 3.8) is 0 Å². The first-order valence-corrected chi connectivity index (χ1v) is 11.5. The number of ether oxygens (including phenoxy) is 1. The Morgan fingerprint density at radius 1 is 1.24 bits per heavy atom. The van der Waals surface area contributed by atoms with Crippen LogP contribution in [-0.2, 0) is 22.4 Å². The molecule has 0 radical (unpaired) electrons. The number of H-pyrrole nitrogens is 1. The Balaban J connectivity index is 1.47. The van der Waals surface area contributed by atoms with Gasteiger partial charge in [0.15, 0.2) is 0 Å². The summed E-state index contributed by atoms with van der Waals surface area (Å²) in [5.74, 6) is -0.576. The molecule has 1 unspecified atom stereocenters. The van der Waals surface area contributed by atoms with Gasteiger partial charge in [0, 0.05) is 35.1 Å². The van der Waals surface area contributed by atoms with Gasteiger partial charge in [0.05, 0.1) is 12.6 Å². The quantitative estimate of drug-likeness (QED) is 0.269. The summed E-state index contributed by atoms with van der Waals surface area (Å²) in [5.41, 5.74) is 6.50. The number of aromatic nitrogens is 1. The zero-order valence-corrected chi connectivity index (χ0v) is 19.8. The van der Waals surface area contributed by atoms with E-state index in [1.54, 1.807) is 11.6 Å². The van der Waals surface area contributed by atoms with E-state index in [2.05, 4.69) is 11.1 Å². The molecule has 7 heteroatoms. The van der Waals surface area contributed by atoms with Crippen LogP contribution in [0, 0.1) is 0 Å². The molecule has 0 fully saturated rings. The van der Waals surface area contributed by atoms with E-state index in [1.165, 1.54) is 6.08 Å². The molecule has 4 rings (SSSR count). The molecule has 0 aliphatic heterocycles. The highest BCUT2D eigenvalue weighted by Crippen LogP contribution is 2.40. The maximum absolute atomic E-state index is 13.3. The summed E-state index contributed by atoms with van der Waals surface area (Å²) >= 11 is 0. The lowest BCUT2D eigenvalue weighted by Gasteiger charge is -2.39. The molecule has 1 heterocycles. The van der Waals surface area contributed by atoms with Gasteiger partial charge in [-0.05, 0) is 68.0 Å². The molecule has 1 atom stereocenters. The van der Waals surface area contributed by atoms with Gasteiger partial charge in [-0.1, -0.05) is 36.4 Å². The van der Waals surface area contributed by atoms with Gasteiger partial charge in [-0.15, -0.1) is 0 Å². The molecule has 3 N–H and O–H groups in total. The van der Waals surface area contributed by atoms with Gasteiger partial charge in [0.1, 0.15) is 0 Å². The maximum Gasteiger partial charge on any atom is 0.410 e. The first-order chi connectivity index (χ1) is 16.3. The van der Waals surface area contributed by atoms with Crippen LogP contribution in [0.2, 0.25) is 0 Å².